The molecule has 2 aromatic rings. The number of carbonyl (C=O) groups excluding carboxylic acids is 3. The number of carbonyl (C=O) groups is 3. The lowest BCUT2D eigenvalue weighted by Crippen LogP contribution is -2.58. The van der Waals surface area contributed by atoms with Gasteiger partial charge in [-0.05, 0) is 55.7 Å². The zero-order valence-corrected chi connectivity index (χ0v) is 24.8. The summed E-state index contributed by atoms with van der Waals surface area (Å²) >= 11 is 0. The maximum Gasteiger partial charge on any atom is 0.243 e. The summed E-state index contributed by atoms with van der Waals surface area (Å²) < 4.78 is 11.3. The van der Waals surface area contributed by atoms with Gasteiger partial charge in [-0.3, -0.25) is 19.3 Å². The molecule has 3 aliphatic rings. The van der Waals surface area contributed by atoms with Gasteiger partial charge in [0.05, 0.1) is 18.5 Å². The fourth-order valence-electron chi connectivity index (χ4n) is 6.33. The topological polar surface area (TPSA) is 109 Å². The van der Waals surface area contributed by atoms with Crippen molar-refractivity contribution in [1.82, 2.24) is 20.9 Å². The molecule has 3 atom stereocenters. The fraction of sp³-hybridized carbons (Fsp3) is 0.500. The second-order valence-corrected chi connectivity index (χ2v) is 11.9. The summed E-state index contributed by atoms with van der Waals surface area (Å²) in [4.78, 5) is 42.4. The summed E-state index contributed by atoms with van der Waals surface area (Å²) in [5, 5.41) is 9.40. The Bertz CT molecular complexity index is 1230. The Morgan fingerprint density at radius 3 is 2.51 bits per heavy atom. The first-order valence-electron chi connectivity index (χ1n) is 15.6. The largest absolute Gasteiger partial charge is 0.492 e. The van der Waals surface area contributed by atoms with Crippen molar-refractivity contribution in [2.45, 2.75) is 50.6 Å². The third-order valence-corrected chi connectivity index (χ3v) is 8.90. The smallest absolute Gasteiger partial charge is 0.243 e. The van der Waals surface area contributed by atoms with Gasteiger partial charge in [-0.2, -0.15) is 0 Å². The average molecular weight is 589 g/mol. The second-order valence-electron chi connectivity index (χ2n) is 11.9. The van der Waals surface area contributed by atoms with Crippen LogP contribution >= 0.6 is 0 Å². The van der Waals surface area contributed by atoms with E-state index in [0.717, 1.165) is 24.2 Å². The van der Waals surface area contributed by atoms with E-state index in [1.807, 2.05) is 60.7 Å². The first kappa shape index (κ1) is 30.8. The van der Waals surface area contributed by atoms with E-state index in [-0.39, 0.29) is 29.7 Å². The highest BCUT2D eigenvalue weighted by atomic mass is 16.5. The molecular formula is C34H44N4O5. The molecule has 3 amide bonds. The van der Waals surface area contributed by atoms with Crippen molar-refractivity contribution in [2.75, 3.05) is 46.0 Å². The number of amides is 3. The molecule has 0 saturated carbocycles. The molecular weight excluding hydrogens is 544 g/mol. The van der Waals surface area contributed by atoms with E-state index in [0.29, 0.717) is 71.7 Å². The number of para-hydroxylation sites is 1. The quantitative estimate of drug-likeness (QED) is 0.323. The van der Waals surface area contributed by atoms with Gasteiger partial charge in [0, 0.05) is 38.8 Å². The van der Waals surface area contributed by atoms with E-state index < -0.39 is 11.5 Å². The number of nitrogens with zero attached hydrogens (tertiary/aromatic N) is 1. The van der Waals surface area contributed by atoms with Crippen LogP contribution in [-0.4, -0.2) is 80.7 Å². The Kier molecular flexibility index (Phi) is 10.8. The lowest BCUT2D eigenvalue weighted by Gasteiger charge is -2.40. The number of hydrogen-bond donors (Lipinski definition) is 3. The van der Waals surface area contributed by atoms with E-state index >= 15 is 0 Å². The molecule has 3 aliphatic heterocycles. The second kappa shape index (κ2) is 15.2. The molecule has 0 aliphatic carbocycles. The van der Waals surface area contributed by atoms with Crippen LogP contribution in [-0.2, 0) is 25.5 Å². The third kappa shape index (κ3) is 8.67. The van der Waals surface area contributed by atoms with Crippen molar-refractivity contribution in [3.63, 3.8) is 0 Å². The van der Waals surface area contributed by atoms with Crippen LogP contribution in [0.25, 0.3) is 0 Å². The van der Waals surface area contributed by atoms with Crippen LogP contribution in [0.3, 0.4) is 0 Å². The van der Waals surface area contributed by atoms with Crippen LogP contribution in [0.5, 0.6) is 5.75 Å². The number of fused-ring (bicyclic) bond motifs is 1. The monoisotopic (exact) mass is 588 g/mol. The number of likely N-dealkylation sites (tertiary alicyclic amines) is 1. The van der Waals surface area contributed by atoms with Crippen molar-refractivity contribution in [1.29, 1.82) is 0 Å². The zero-order valence-electron chi connectivity index (χ0n) is 24.8. The molecule has 0 unspecified atom stereocenters. The Balaban J connectivity index is 1.22. The van der Waals surface area contributed by atoms with Gasteiger partial charge in [0.1, 0.15) is 18.4 Å². The van der Waals surface area contributed by atoms with Crippen LogP contribution in [0.15, 0.2) is 72.8 Å². The summed E-state index contributed by atoms with van der Waals surface area (Å²) in [5.74, 6) is 0.688. The zero-order chi connectivity index (χ0) is 29.9. The lowest BCUT2D eigenvalue weighted by atomic mass is 9.75. The lowest BCUT2D eigenvalue weighted by molar-refractivity contribution is -0.140. The van der Waals surface area contributed by atoms with Crippen LogP contribution in [0.1, 0.15) is 37.7 Å². The van der Waals surface area contributed by atoms with Crippen molar-refractivity contribution in [3.8, 4) is 5.75 Å². The van der Waals surface area contributed by atoms with Gasteiger partial charge < -0.3 is 25.4 Å². The molecule has 43 heavy (non-hydrogen) atoms. The molecule has 2 saturated heterocycles. The van der Waals surface area contributed by atoms with Crippen molar-refractivity contribution < 1.29 is 23.9 Å². The maximum atomic E-state index is 13.8. The van der Waals surface area contributed by atoms with Crippen LogP contribution in [0.2, 0.25) is 0 Å². The molecule has 230 valence electrons. The molecule has 3 N–H and O–H groups in total. The Labute approximate surface area is 254 Å². The summed E-state index contributed by atoms with van der Waals surface area (Å²) in [7, 11) is 0. The summed E-state index contributed by atoms with van der Waals surface area (Å²) in [6, 6.07) is 18.7. The maximum absolute atomic E-state index is 13.8. The van der Waals surface area contributed by atoms with Crippen molar-refractivity contribution in [2.24, 2.45) is 11.3 Å². The SMILES string of the molecule is O=C(CN1CC[C@@H]2NC(=O)[C@@H](Cc3ccccc3)NC(=O)C3(CC=CC[C@@H]2C1)CCOCC3)NCCOc1ccccc1. The molecule has 1 spiro atoms. The molecule has 9 nitrogen and oxygen atoms in total. The number of hydrogen-bond acceptors (Lipinski definition) is 6. The van der Waals surface area contributed by atoms with Gasteiger partial charge in [-0.1, -0.05) is 60.7 Å². The molecule has 3 heterocycles. The minimum atomic E-state index is -0.666. The van der Waals surface area contributed by atoms with E-state index in [9.17, 15) is 14.4 Å². The van der Waals surface area contributed by atoms with Crippen molar-refractivity contribution >= 4 is 17.7 Å². The average Bonchev–Trinajstić information content (AvgIpc) is 3.03. The molecule has 2 aromatic carbocycles. The number of piperidine rings is 1. The van der Waals surface area contributed by atoms with Crippen molar-refractivity contribution in [3.05, 3.63) is 78.4 Å². The van der Waals surface area contributed by atoms with Gasteiger partial charge in [0.15, 0.2) is 0 Å². The predicted molar refractivity (Wildman–Crippen MR) is 164 cm³/mol. The van der Waals surface area contributed by atoms with Gasteiger partial charge in [0.2, 0.25) is 17.7 Å². The van der Waals surface area contributed by atoms with Crippen LogP contribution < -0.4 is 20.7 Å². The molecule has 0 aromatic heterocycles. The number of ether oxygens (including phenoxy) is 2. The van der Waals surface area contributed by atoms with E-state index in [1.165, 1.54) is 0 Å². The van der Waals surface area contributed by atoms with Crippen LogP contribution in [0.4, 0.5) is 0 Å². The van der Waals surface area contributed by atoms with Gasteiger partial charge >= 0.3 is 0 Å². The van der Waals surface area contributed by atoms with Gasteiger partial charge in [0.25, 0.3) is 0 Å². The summed E-state index contributed by atoms with van der Waals surface area (Å²) in [5.41, 5.74) is 0.422. The first-order chi connectivity index (χ1) is 21.0. The Hall–Kier alpha value is -3.69. The van der Waals surface area contributed by atoms with Crippen LogP contribution in [0, 0.1) is 11.3 Å². The normalized spacial score (nSPS) is 24.5. The number of benzene rings is 2. The number of rotatable bonds is 8. The molecule has 0 bridgehead atoms. The minimum absolute atomic E-state index is 0.0325. The van der Waals surface area contributed by atoms with E-state index in [1.54, 1.807) is 0 Å². The fourth-order valence-corrected chi connectivity index (χ4v) is 6.33. The Morgan fingerprint density at radius 2 is 1.74 bits per heavy atom. The standard InChI is InChI=1S/C34H44N4O5/c39-31(35-18-22-43-28-12-5-2-6-13-28)25-38-19-14-29-27(24-38)11-7-8-15-34(16-20-42-21-17-34)33(41)37-30(32(40)36-29)23-26-9-3-1-4-10-26/h1-10,12-13,27,29-30H,11,14-25H2,(H,35,39)(H,36,40)(H,37,41)/t27-,29+,30-/m1/s1. The molecule has 5 rings (SSSR count). The summed E-state index contributed by atoms with van der Waals surface area (Å²) in [6.07, 6.45) is 8.11. The molecule has 9 heteroatoms. The first-order valence-corrected chi connectivity index (χ1v) is 15.6. The molecule has 0 radical (unpaired) electrons. The van der Waals surface area contributed by atoms with E-state index in [2.05, 4.69) is 33.0 Å². The highest BCUT2D eigenvalue weighted by Gasteiger charge is 2.41. The van der Waals surface area contributed by atoms with E-state index in [4.69, 9.17) is 9.47 Å². The highest BCUT2D eigenvalue weighted by molar-refractivity contribution is 5.90. The number of allylic oxidation sites excluding steroid dienone is 2. The van der Waals surface area contributed by atoms with Gasteiger partial charge in [-0.15, -0.1) is 0 Å². The highest BCUT2D eigenvalue weighted by Crippen LogP contribution is 2.36. The molecule has 2 fully saturated rings. The minimum Gasteiger partial charge on any atom is -0.492 e. The summed E-state index contributed by atoms with van der Waals surface area (Å²) in [6.45, 7) is 3.64. The number of nitrogens with one attached hydrogen (secondary N) is 3. The van der Waals surface area contributed by atoms with Gasteiger partial charge in [-0.25, -0.2) is 0 Å². The Morgan fingerprint density at radius 1 is 1.00 bits per heavy atom. The third-order valence-electron chi connectivity index (χ3n) is 8.90. The predicted octanol–water partition coefficient (Wildman–Crippen LogP) is 2.86.